The smallest absolute Gasteiger partial charge is 0.187 e. The van der Waals surface area contributed by atoms with E-state index in [0.717, 1.165) is 38.9 Å². The Morgan fingerprint density at radius 3 is 2.77 bits per heavy atom. The minimum Gasteiger partial charge on any atom is -0.322 e. The van der Waals surface area contributed by atoms with Crippen LogP contribution in [0.1, 0.15) is 53.1 Å². The molecule has 0 bridgehead atoms. The number of hydrogen-bond donors (Lipinski definition) is 1. The molecular weight excluding hydrogens is 530 g/mol. The summed E-state index contributed by atoms with van der Waals surface area (Å²) in [7, 11) is 0. The lowest BCUT2D eigenvalue weighted by molar-refractivity contribution is 0.104. The van der Waals surface area contributed by atoms with Crippen molar-refractivity contribution in [2.75, 3.05) is 5.75 Å². The first kappa shape index (κ1) is 26.2. The zero-order valence-corrected chi connectivity index (χ0v) is 22.5. The fourth-order valence-corrected chi connectivity index (χ4v) is 6.45. The number of fused-ring (bicyclic) bond motifs is 4. The molecule has 6 rings (SSSR count). The number of rotatable bonds is 5. The molecule has 3 aliphatic carbocycles. The summed E-state index contributed by atoms with van der Waals surface area (Å²) in [4.78, 5) is 20.0. The highest BCUT2D eigenvalue weighted by atomic mass is 32.2. The van der Waals surface area contributed by atoms with Gasteiger partial charge in [-0.2, -0.15) is 0 Å². The van der Waals surface area contributed by atoms with Crippen molar-refractivity contribution in [3.8, 4) is 0 Å². The van der Waals surface area contributed by atoms with Gasteiger partial charge in [0.15, 0.2) is 16.9 Å². The molecule has 0 spiro atoms. The average molecular weight is 557 g/mol. The van der Waals surface area contributed by atoms with E-state index in [2.05, 4.69) is 4.99 Å². The Morgan fingerprint density at radius 2 is 1.98 bits per heavy atom. The molecule has 3 unspecified atom stereocenters. The van der Waals surface area contributed by atoms with Crippen LogP contribution in [0.5, 0.6) is 0 Å². The van der Waals surface area contributed by atoms with E-state index in [4.69, 9.17) is 0 Å². The molecule has 0 saturated carbocycles. The van der Waals surface area contributed by atoms with Crippen molar-refractivity contribution in [1.82, 2.24) is 4.90 Å². The van der Waals surface area contributed by atoms with Crippen molar-refractivity contribution in [2.24, 2.45) is 4.99 Å². The molecule has 1 aliphatic heterocycles. The Bertz CT molecular complexity index is 1770. The Morgan fingerprint density at radius 1 is 1.15 bits per heavy atom. The van der Waals surface area contributed by atoms with Gasteiger partial charge in [-0.3, -0.25) is 9.79 Å². The van der Waals surface area contributed by atoms with Crippen molar-refractivity contribution in [1.29, 1.82) is 0 Å². The second-order valence-electron chi connectivity index (χ2n) is 10.1. The van der Waals surface area contributed by atoms with Crippen molar-refractivity contribution < 1.29 is 22.3 Å². The first-order valence-electron chi connectivity index (χ1n) is 13.1. The Kier molecular flexibility index (Phi) is 6.90. The second kappa shape index (κ2) is 10.5. The fourth-order valence-electron chi connectivity index (χ4n) is 6.06. The fraction of sp³-hybridized carbons (Fsp3) is 0.188. The maximum absolute atomic E-state index is 15.2. The predicted octanol–water partition coefficient (Wildman–Crippen LogP) is 5.12. The monoisotopic (exact) mass is 556 g/mol. The normalized spacial score (nSPS) is 21.9. The van der Waals surface area contributed by atoms with Gasteiger partial charge < -0.3 is 9.45 Å². The maximum Gasteiger partial charge on any atom is 0.187 e. The number of carbonyl (C=O) groups is 1. The topological polar surface area (TPSA) is 70.0 Å². The van der Waals surface area contributed by atoms with Crippen molar-refractivity contribution >= 4 is 34.2 Å². The van der Waals surface area contributed by atoms with Crippen LogP contribution in [0.25, 0.3) is 11.1 Å². The molecule has 0 fully saturated rings. The van der Waals surface area contributed by atoms with Gasteiger partial charge in [0.2, 0.25) is 0 Å². The third-order valence-corrected chi connectivity index (χ3v) is 8.35. The lowest BCUT2D eigenvalue weighted by Gasteiger charge is -2.35. The molecule has 4 aliphatic rings. The standard InChI is InChI=1S/C32H26F2N2O3S/c1-19-3-4-20(11-16-40(38)39)22-7-8-25-31-24(23-6-5-21(33)17-27(23)34)9-10-28(36-14-2-12-35-13-15-36)26(31)18-29(37)32(25)30(19)22/h2-8,10,12-15,17-19,24H,9,11,16H2,1H3,(H,38,39). The highest BCUT2D eigenvalue weighted by molar-refractivity contribution is 7.79. The van der Waals surface area contributed by atoms with E-state index < -0.39 is 28.6 Å². The van der Waals surface area contributed by atoms with E-state index in [1.807, 2.05) is 48.4 Å². The first-order valence-corrected chi connectivity index (χ1v) is 14.3. The Hall–Kier alpha value is -4.01. The molecule has 40 heavy (non-hydrogen) atoms. The lowest BCUT2D eigenvalue weighted by atomic mass is 9.72. The van der Waals surface area contributed by atoms with Gasteiger partial charge in [-0.25, -0.2) is 13.0 Å². The molecule has 5 nitrogen and oxygen atoms in total. The van der Waals surface area contributed by atoms with Crippen LogP contribution in [0.4, 0.5) is 8.78 Å². The van der Waals surface area contributed by atoms with Gasteiger partial charge in [0.1, 0.15) is 11.6 Å². The summed E-state index contributed by atoms with van der Waals surface area (Å²) in [5.74, 6) is -1.83. The number of halogens is 2. The summed E-state index contributed by atoms with van der Waals surface area (Å²) in [5, 5.41) is 1.61. The van der Waals surface area contributed by atoms with Crippen LogP contribution in [0.3, 0.4) is 0 Å². The van der Waals surface area contributed by atoms with Gasteiger partial charge in [0.05, 0.1) is 5.75 Å². The number of carbonyl (C=O) groups excluding carboxylic acids is 1. The minimum atomic E-state index is -1.93. The zero-order valence-electron chi connectivity index (χ0n) is 21.7. The maximum atomic E-state index is 15.2. The van der Waals surface area contributed by atoms with E-state index in [9.17, 15) is 17.9 Å². The van der Waals surface area contributed by atoms with Crippen LogP contribution in [0, 0.1) is 11.6 Å². The van der Waals surface area contributed by atoms with Gasteiger partial charge in [0.25, 0.3) is 0 Å². The number of nitrogens with zero attached hydrogens (tertiary/aromatic N) is 2. The van der Waals surface area contributed by atoms with Crippen LogP contribution in [0.15, 0.2) is 95.6 Å². The molecule has 202 valence electrons. The van der Waals surface area contributed by atoms with Crippen LogP contribution in [-0.4, -0.2) is 31.4 Å². The molecule has 8 heteroatoms. The Labute approximate surface area is 232 Å². The summed E-state index contributed by atoms with van der Waals surface area (Å²) < 4.78 is 49.8. The summed E-state index contributed by atoms with van der Waals surface area (Å²) in [6, 6.07) is 7.52. The second-order valence-corrected chi connectivity index (χ2v) is 11.2. The van der Waals surface area contributed by atoms with Gasteiger partial charge >= 0.3 is 0 Å². The van der Waals surface area contributed by atoms with E-state index in [1.165, 1.54) is 12.1 Å². The van der Waals surface area contributed by atoms with Crippen LogP contribution in [0.2, 0.25) is 0 Å². The summed E-state index contributed by atoms with van der Waals surface area (Å²) in [6.45, 7) is 2.02. The molecule has 0 aromatic heterocycles. The molecule has 0 radical (unpaired) electrons. The molecule has 0 saturated heterocycles. The number of allylic oxidation sites excluding steroid dienone is 6. The summed E-state index contributed by atoms with van der Waals surface area (Å²) in [6.07, 6.45) is 17.2. The zero-order chi connectivity index (χ0) is 28.0. The summed E-state index contributed by atoms with van der Waals surface area (Å²) in [5.41, 5.74) is 4.98. The molecule has 0 amide bonds. The molecule has 1 heterocycles. The van der Waals surface area contributed by atoms with Gasteiger partial charge in [0, 0.05) is 59.6 Å². The lowest BCUT2D eigenvalue weighted by Crippen LogP contribution is -2.35. The van der Waals surface area contributed by atoms with Gasteiger partial charge in [-0.05, 0) is 63.8 Å². The number of ketones is 1. The highest BCUT2D eigenvalue weighted by Gasteiger charge is 2.35. The van der Waals surface area contributed by atoms with E-state index in [0.29, 0.717) is 29.5 Å². The van der Waals surface area contributed by atoms with Crippen LogP contribution >= 0.6 is 0 Å². The molecule has 2 aromatic carbocycles. The quantitative estimate of drug-likeness (QED) is 0.520. The molecule has 2 aromatic rings. The Balaban J connectivity index is 1.63. The third-order valence-electron chi connectivity index (χ3n) is 7.80. The summed E-state index contributed by atoms with van der Waals surface area (Å²) >= 11 is -1.93. The van der Waals surface area contributed by atoms with Crippen LogP contribution < -0.4 is 10.4 Å². The first-order chi connectivity index (χ1) is 19.3. The van der Waals surface area contributed by atoms with Gasteiger partial charge in [-0.1, -0.05) is 43.4 Å². The van der Waals surface area contributed by atoms with E-state index >= 15 is 4.39 Å². The van der Waals surface area contributed by atoms with Crippen LogP contribution in [-0.2, 0) is 11.1 Å². The van der Waals surface area contributed by atoms with Crippen molar-refractivity contribution in [3.63, 3.8) is 0 Å². The van der Waals surface area contributed by atoms with Crippen molar-refractivity contribution in [2.45, 2.75) is 31.6 Å². The molecule has 1 N–H and O–H groups in total. The number of benzene rings is 2. The largest absolute Gasteiger partial charge is 0.322 e. The number of hydrogen-bond acceptors (Lipinski definition) is 4. The average Bonchev–Trinajstić information content (AvgIpc) is 3.21. The van der Waals surface area contributed by atoms with E-state index in [-0.39, 0.29) is 17.5 Å². The number of aliphatic imine (C=N–C) groups is 1. The van der Waals surface area contributed by atoms with Crippen molar-refractivity contribution in [3.05, 3.63) is 129 Å². The third kappa shape index (κ3) is 4.57. The predicted molar refractivity (Wildman–Crippen MR) is 153 cm³/mol. The molecular formula is C32H26F2N2O3S. The SMILES string of the molecule is CC1C=CC(CCS(=O)O)=c2ccc3c(c21)C(=O)C=C1C(N2C=CC=NC=C2)=CCC(c2ccc(F)cc2F)C=31. The highest BCUT2D eigenvalue weighted by Crippen LogP contribution is 2.45. The molecule has 3 atom stereocenters. The van der Waals surface area contributed by atoms with Gasteiger partial charge in [-0.15, -0.1) is 0 Å². The van der Waals surface area contributed by atoms with E-state index in [1.54, 1.807) is 30.8 Å². The minimum absolute atomic E-state index is 0.0685.